The fourth-order valence-corrected chi connectivity index (χ4v) is 4.78. The number of halogens is 3. The third-order valence-electron chi connectivity index (χ3n) is 4.44. The number of hydrogen-bond donors (Lipinski definition) is 1. The Balaban J connectivity index is 1.62. The first-order valence-corrected chi connectivity index (χ1v) is 10.7. The molecule has 1 heterocycles. The van der Waals surface area contributed by atoms with Crippen LogP contribution in [0, 0.1) is 11.6 Å². The van der Waals surface area contributed by atoms with E-state index in [0.717, 1.165) is 22.5 Å². The van der Waals surface area contributed by atoms with Crippen LogP contribution in [0.4, 0.5) is 14.5 Å². The highest BCUT2D eigenvalue weighted by Gasteiger charge is 2.40. The highest BCUT2D eigenvalue weighted by atomic mass is 35.5. The maximum Gasteiger partial charge on any atom is 0.324 e. The summed E-state index contributed by atoms with van der Waals surface area (Å²) in [6, 6.07) is 7.25. The number of sulfonamides is 1. The van der Waals surface area contributed by atoms with Crippen LogP contribution in [0.25, 0.3) is 0 Å². The maximum atomic E-state index is 13.2. The summed E-state index contributed by atoms with van der Waals surface area (Å²) < 4.78 is 57.7. The SMILES string of the molecule is O=C(COC(=O)C1CCCN1S(=O)(=O)c1ccc(Cl)cc1)Nc1ccc(F)c(F)c1. The molecule has 0 aliphatic carbocycles. The van der Waals surface area contributed by atoms with Gasteiger partial charge in [0.05, 0.1) is 4.90 Å². The molecule has 1 fully saturated rings. The summed E-state index contributed by atoms with van der Waals surface area (Å²) in [5, 5.41) is 2.63. The van der Waals surface area contributed by atoms with Gasteiger partial charge in [0, 0.05) is 23.3 Å². The largest absolute Gasteiger partial charge is 0.454 e. The number of ether oxygens (including phenoxy) is 1. The van der Waals surface area contributed by atoms with Crippen molar-refractivity contribution in [3.05, 3.63) is 59.1 Å². The van der Waals surface area contributed by atoms with Gasteiger partial charge in [0.1, 0.15) is 6.04 Å². The van der Waals surface area contributed by atoms with Crippen molar-refractivity contribution < 1.29 is 31.5 Å². The second-order valence-corrected chi connectivity index (χ2v) is 8.84. The van der Waals surface area contributed by atoms with E-state index < -0.39 is 46.2 Å². The zero-order chi connectivity index (χ0) is 21.9. The number of anilines is 1. The molecule has 2 aromatic rings. The number of nitrogens with zero attached hydrogens (tertiary/aromatic N) is 1. The molecule has 1 unspecified atom stereocenters. The van der Waals surface area contributed by atoms with E-state index in [4.69, 9.17) is 16.3 Å². The third kappa shape index (κ3) is 4.94. The van der Waals surface area contributed by atoms with E-state index in [9.17, 15) is 26.8 Å². The van der Waals surface area contributed by atoms with Gasteiger partial charge in [-0.25, -0.2) is 17.2 Å². The minimum absolute atomic E-state index is 0.0113. The van der Waals surface area contributed by atoms with Crippen LogP contribution in [-0.2, 0) is 24.3 Å². The molecule has 0 bridgehead atoms. The predicted octanol–water partition coefficient (Wildman–Crippen LogP) is 2.95. The van der Waals surface area contributed by atoms with Gasteiger partial charge in [-0.3, -0.25) is 9.59 Å². The average molecular weight is 459 g/mol. The molecule has 30 heavy (non-hydrogen) atoms. The third-order valence-corrected chi connectivity index (χ3v) is 6.62. The van der Waals surface area contributed by atoms with E-state index in [1.54, 1.807) is 0 Å². The molecule has 1 atom stereocenters. The minimum atomic E-state index is -3.95. The summed E-state index contributed by atoms with van der Waals surface area (Å²) in [5.41, 5.74) is -0.0113. The lowest BCUT2D eigenvalue weighted by atomic mass is 10.2. The summed E-state index contributed by atoms with van der Waals surface area (Å²) in [5.74, 6) is -3.86. The summed E-state index contributed by atoms with van der Waals surface area (Å²) in [6.07, 6.45) is 0.698. The van der Waals surface area contributed by atoms with Crippen molar-refractivity contribution >= 4 is 39.2 Å². The summed E-state index contributed by atoms with van der Waals surface area (Å²) in [4.78, 5) is 24.3. The number of rotatable bonds is 6. The first-order valence-electron chi connectivity index (χ1n) is 8.87. The number of benzene rings is 2. The normalized spacial score (nSPS) is 17.0. The van der Waals surface area contributed by atoms with Gasteiger partial charge in [0.15, 0.2) is 18.2 Å². The lowest BCUT2D eigenvalue weighted by molar-refractivity contribution is -0.150. The average Bonchev–Trinajstić information content (AvgIpc) is 3.20. The molecule has 11 heteroatoms. The Morgan fingerprint density at radius 2 is 1.83 bits per heavy atom. The quantitative estimate of drug-likeness (QED) is 0.672. The summed E-state index contributed by atoms with van der Waals surface area (Å²) in [7, 11) is -3.95. The maximum absolute atomic E-state index is 13.2. The molecule has 7 nitrogen and oxygen atoms in total. The van der Waals surface area contributed by atoms with Crippen molar-refractivity contribution in [3.8, 4) is 0 Å². The van der Waals surface area contributed by atoms with Gasteiger partial charge in [-0.05, 0) is 49.2 Å². The number of amides is 1. The van der Waals surface area contributed by atoms with Crippen LogP contribution in [0.5, 0.6) is 0 Å². The van der Waals surface area contributed by atoms with E-state index in [1.807, 2.05) is 0 Å². The van der Waals surface area contributed by atoms with Crippen molar-refractivity contribution in [1.29, 1.82) is 0 Å². The van der Waals surface area contributed by atoms with Crippen molar-refractivity contribution in [2.24, 2.45) is 0 Å². The van der Waals surface area contributed by atoms with E-state index in [0.29, 0.717) is 11.4 Å². The lowest BCUT2D eigenvalue weighted by Crippen LogP contribution is -2.42. The molecule has 1 N–H and O–H groups in total. The Labute approximate surface area is 176 Å². The molecule has 1 saturated heterocycles. The Morgan fingerprint density at radius 1 is 1.13 bits per heavy atom. The van der Waals surface area contributed by atoms with E-state index in [1.165, 1.54) is 24.3 Å². The molecule has 1 aliphatic heterocycles. The zero-order valence-corrected chi connectivity index (χ0v) is 17.1. The molecular formula is C19H17ClF2N2O5S. The number of nitrogens with one attached hydrogen (secondary N) is 1. The first kappa shape index (κ1) is 22.1. The van der Waals surface area contributed by atoms with Crippen LogP contribution >= 0.6 is 11.6 Å². The van der Waals surface area contributed by atoms with E-state index in [2.05, 4.69) is 5.32 Å². The van der Waals surface area contributed by atoms with Gasteiger partial charge in [0.25, 0.3) is 5.91 Å². The summed E-state index contributed by atoms with van der Waals surface area (Å²) >= 11 is 5.79. The Hall–Kier alpha value is -2.56. The molecule has 3 rings (SSSR count). The van der Waals surface area contributed by atoms with Crippen molar-refractivity contribution in [2.75, 3.05) is 18.5 Å². The van der Waals surface area contributed by atoms with Crippen molar-refractivity contribution in [2.45, 2.75) is 23.8 Å². The predicted molar refractivity (Wildman–Crippen MR) is 104 cm³/mol. The molecule has 160 valence electrons. The van der Waals surface area contributed by atoms with Gasteiger partial charge in [-0.1, -0.05) is 11.6 Å². The highest BCUT2D eigenvalue weighted by molar-refractivity contribution is 7.89. The Bertz CT molecular complexity index is 1060. The number of carbonyl (C=O) groups is 2. The molecule has 1 amide bonds. The Kier molecular flexibility index (Phi) is 6.69. The molecule has 0 saturated carbocycles. The number of esters is 1. The van der Waals surface area contributed by atoms with Crippen LogP contribution in [-0.4, -0.2) is 43.8 Å². The lowest BCUT2D eigenvalue weighted by Gasteiger charge is -2.22. The van der Waals surface area contributed by atoms with Crippen molar-refractivity contribution in [1.82, 2.24) is 4.31 Å². The second-order valence-electron chi connectivity index (χ2n) is 6.51. The van der Waals surface area contributed by atoms with Crippen LogP contribution < -0.4 is 5.32 Å². The van der Waals surface area contributed by atoms with Crippen molar-refractivity contribution in [3.63, 3.8) is 0 Å². The standard InChI is InChI=1S/C19H17ClF2N2O5S/c20-12-3-6-14(7-4-12)30(27,28)24-9-1-2-17(24)19(26)29-11-18(25)23-13-5-8-15(21)16(22)10-13/h3-8,10,17H,1-2,9,11H2,(H,23,25). The smallest absolute Gasteiger partial charge is 0.324 e. The number of carbonyl (C=O) groups excluding carboxylic acids is 2. The van der Waals surface area contributed by atoms with Crippen LogP contribution in [0.2, 0.25) is 5.02 Å². The number of hydrogen-bond acceptors (Lipinski definition) is 5. The minimum Gasteiger partial charge on any atom is -0.454 e. The van der Waals surface area contributed by atoms with Gasteiger partial charge in [-0.2, -0.15) is 4.31 Å². The molecule has 0 aromatic heterocycles. The molecule has 0 spiro atoms. The van der Waals surface area contributed by atoms with Gasteiger partial charge in [0.2, 0.25) is 10.0 Å². The summed E-state index contributed by atoms with van der Waals surface area (Å²) in [6.45, 7) is -0.574. The zero-order valence-electron chi connectivity index (χ0n) is 15.5. The van der Waals surface area contributed by atoms with Gasteiger partial charge in [-0.15, -0.1) is 0 Å². The molecule has 0 radical (unpaired) electrons. The molecular weight excluding hydrogens is 442 g/mol. The van der Waals surface area contributed by atoms with E-state index in [-0.39, 0.29) is 23.5 Å². The van der Waals surface area contributed by atoms with Crippen LogP contribution in [0.15, 0.2) is 47.4 Å². The fourth-order valence-electron chi connectivity index (χ4n) is 3.01. The molecule has 1 aliphatic rings. The van der Waals surface area contributed by atoms with Crippen LogP contribution in [0.3, 0.4) is 0 Å². The topological polar surface area (TPSA) is 92.8 Å². The van der Waals surface area contributed by atoms with Gasteiger partial charge < -0.3 is 10.1 Å². The van der Waals surface area contributed by atoms with Crippen LogP contribution in [0.1, 0.15) is 12.8 Å². The highest BCUT2D eigenvalue weighted by Crippen LogP contribution is 2.27. The molecule has 2 aromatic carbocycles. The monoisotopic (exact) mass is 458 g/mol. The fraction of sp³-hybridized carbons (Fsp3) is 0.263. The van der Waals surface area contributed by atoms with Gasteiger partial charge >= 0.3 is 5.97 Å². The first-order chi connectivity index (χ1) is 14.2. The second kappa shape index (κ2) is 9.07. The van der Waals surface area contributed by atoms with E-state index >= 15 is 0 Å². The Morgan fingerprint density at radius 3 is 2.50 bits per heavy atom.